The molecule has 1 aromatic rings. The molecule has 0 aliphatic carbocycles. The number of nitrogens with zero attached hydrogens (tertiary/aromatic N) is 1. The summed E-state index contributed by atoms with van der Waals surface area (Å²) in [6.45, 7) is 5.44. The van der Waals surface area contributed by atoms with E-state index in [0.717, 1.165) is 19.1 Å². The van der Waals surface area contributed by atoms with Gasteiger partial charge in [-0.2, -0.15) is 8.42 Å². The van der Waals surface area contributed by atoms with Crippen molar-refractivity contribution in [1.82, 2.24) is 4.90 Å². The molecule has 1 aliphatic heterocycles. The van der Waals surface area contributed by atoms with Crippen LogP contribution in [0.25, 0.3) is 0 Å². The van der Waals surface area contributed by atoms with Crippen molar-refractivity contribution < 1.29 is 31.3 Å². The van der Waals surface area contributed by atoms with Gasteiger partial charge in [-0.05, 0) is 46.1 Å². The van der Waals surface area contributed by atoms with Gasteiger partial charge in [0.2, 0.25) is 0 Å². The molecule has 1 aliphatic rings. The van der Waals surface area contributed by atoms with E-state index in [9.17, 15) is 17.6 Å². The van der Waals surface area contributed by atoms with Crippen LogP contribution in [0.2, 0.25) is 5.02 Å². The van der Waals surface area contributed by atoms with Gasteiger partial charge in [0.15, 0.2) is 0 Å². The predicted octanol–water partition coefficient (Wildman–Crippen LogP) is 4.30. The summed E-state index contributed by atoms with van der Waals surface area (Å²) >= 11 is 5.96. The van der Waals surface area contributed by atoms with Crippen molar-refractivity contribution in [2.24, 2.45) is 0 Å². The molecule has 1 aromatic carbocycles. The third-order valence-electron chi connectivity index (χ3n) is 4.49. The summed E-state index contributed by atoms with van der Waals surface area (Å²) in [6, 6.07) is 4.08. The van der Waals surface area contributed by atoms with Crippen LogP contribution in [0, 0.1) is 5.82 Å². The Labute approximate surface area is 182 Å². The molecule has 1 amide bonds. The van der Waals surface area contributed by atoms with Gasteiger partial charge in [-0.1, -0.05) is 23.7 Å². The molecular formula is C20H29ClFNO6S. The third-order valence-corrected chi connectivity index (χ3v) is 5.38. The SMILES string of the molecule is CC(C)(C)OC(=O)N1CCCCC1C(OCCOS(C)(=O)=O)c1cccc(Cl)c1F. The molecule has 1 fully saturated rings. The van der Waals surface area contributed by atoms with Gasteiger partial charge in [0.05, 0.1) is 30.5 Å². The molecule has 1 heterocycles. The van der Waals surface area contributed by atoms with E-state index in [4.69, 9.17) is 25.3 Å². The summed E-state index contributed by atoms with van der Waals surface area (Å²) in [4.78, 5) is 14.4. The zero-order valence-corrected chi connectivity index (χ0v) is 19.3. The van der Waals surface area contributed by atoms with Crippen LogP contribution >= 0.6 is 11.6 Å². The summed E-state index contributed by atoms with van der Waals surface area (Å²) in [6.07, 6.45) is 1.76. The minimum Gasteiger partial charge on any atom is -0.444 e. The number of hydrogen-bond acceptors (Lipinski definition) is 6. The first-order valence-corrected chi connectivity index (χ1v) is 12.0. The molecule has 0 N–H and O–H groups in total. The number of carbonyl (C=O) groups excluding carboxylic acids is 1. The normalized spacial score (nSPS) is 18.9. The molecule has 10 heteroatoms. The van der Waals surface area contributed by atoms with Crippen molar-refractivity contribution in [3.05, 3.63) is 34.6 Å². The van der Waals surface area contributed by atoms with E-state index < -0.39 is 39.8 Å². The Morgan fingerprint density at radius 3 is 2.63 bits per heavy atom. The lowest BCUT2D eigenvalue weighted by molar-refractivity contribution is -0.0496. The smallest absolute Gasteiger partial charge is 0.410 e. The first-order valence-electron chi connectivity index (χ1n) is 9.78. The van der Waals surface area contributed by atoms with E-state index in [2.05, 4.69) is 0 Å². The topological polar surface area (TPSA) is 82.1 Å². The molecule has 0 radical (unpaired) electrons. The van der Waals surface area contributed by atoms with Gasteiger partial charge in [0.25, 0.3) is 10.1 Å². The van der Waals surface area contributed by atoms with Gasteiger partial charge in [-0.25, -0.2) is 9.18 Å². The highest BCUT2D eigenvalue weighted by Crippen LogP contribution is 2.35. The Kier molecular flexibility index (Phi) is 8.50. The van der Waals surface area contributed by atoms with Crippen LogP contribution in [0.3, 0.4) is 0 Å². The lowest BCUT2D eigenvalue weighted by Gasteiger charge is -2.40. The van der Waals surface area contributed by atoms with Crippen LogP contribution in [0.5, 0.6) is 0 Å². The minimum atomic E-state index is -3.63. The summed E-state index contributed by atoms with van der Waals surface area (Å²) < 4.78 is 53.3. The first kappa shape index (κ1) is 24.8. The van der Waals surface area contributed by atoms with Gasteiger partial charge in [-0.15, -0.1) is 0 Å². The van der Waals surface area contributed by atoms with Gasteiger partial charge in [0.1, 0.15) is 17.5 Å². The highest BCUT2D eigenvalue weighted by Gasteiger charge is 2.38. The van der Waals surface area contributed by atoms with Crippen LogP contribution in [0.15, 0.2) is 18.2 Å². The molecule has 2 rings (SSSR count). The standard InChI is InChI=1S/C20H29ClFNO6S/c1-20(2,3)29-19(24)23-11-6-5-10-16(23)18(27-12-13-28-30(4,25)26)14-8-7-9-15(21)17(14)22/h7-9,16,18H,5-6,10-13H2,1-4H3. The summed E-state index contributed by atoms with van der Waals surface area (Å²) in [7, 11) is -3.63. The Bertz CT molecular complexity index is 842. The highest BCUT2D eigenvalue weighted by molar-refractivity contribution is 7.85. The van der Waals surface area contributed by atoms with Gasteiger partial charge >= 0.3 is 6.09 Å². The Morgan fingerprint density at radius 1 is 1.30 bits per heavy atom. The number of likely N-dealkylation sites (tertiary alicyclic amines) is 1. The average Bonchev–Trinajstić information content (AvgIpc) is 2.62. The largest absolute Gasteiger partial charge is 0.444 e. The number of amides is 1. The van der Waals surface area contributed by atoms with Gasteiger partial charge < -0.3 is 14.4 Å². The number of hydrogen-bond donors (Lipinski definition) is 0. The zero-order chi connectivity index (χ0) is 22.5. The zero-order valence-electron chi connectivity index (χ0n) is 17.7. The molecule has 7 nitrogen and oxygen atoms in total. The van der Waals surface area contributed by atoms with E-state index >= 15 is 0 Å². The van der Waals surface area contributed by atoms with E-state index in [1.807, 2.05) is 0 Å². The Hall–Kier alpha value is -1.42. The predicted molar refractivity (Wildman–Crippen MR) is 111 cm³/mol. The van der Waals surface area contributed by atoms with Crippen LogP contribution in [0.1, 0.15) is 51.7 Å². The number of rotatable bonds is 7. The second kappa shape index (κ2) is 10.3. The molecule has 30 heavy (non-hydrogen) atoms. The summed E-state index contributed by atoms with van der Waals surface area (Å²) in [5.41, 5.74) is -0.484. The fraction of sp³-hybridized carbons (Fsp3) is 0.650. The van der Waals surface area contributed by atoms with E-state index in [-0.39, 0.29) is 23.8 Å². The van der Waals surface area contributed by atoms with Crippen molar-refractivity contribution in [3.8, 4) is 0 Å². The third kappa shape index (κ3) is 7.37. The second-order valence-electron chi connectivity index (χ2n) is 8.20. The minimum absolute atomic E-state index is 0.0619. The van der Waals surface area contributed by atoms with Crippen LogP contribution in [-0.4, -0.2) is 57.1 Å². The number of piperidine rings is 1. The maximum atomic E-state index is 14.8. The maximum absolute atomic E-state index is 14.8. The quantitative estimate of drug-likeness (QED) is 0.441. The van der Waals surface area contributed by atoms with Crippen LogP contribution in [0.4, 0.5) is 9.18 Å². The van der Waals surface area contributed by atoms with E-state index in [1.54, 1.807) is 37.8 Å². The Morgan fingerprint density at radius 2 is 2.00 bits per heavy atom. The fourth-order valence-corrected chi connectivity index (χ4v) is 3.88. The Balaban J connectivity index is 2.30. The molecule has 0 saturated carbocycles. The second-order valence-corrected chi connectivity index (χ2v) is 10.2. The van der Waals surface area contributed by atoms with Crippen LogP contribution in [-0.2, 0) is 23.8 Å². The molecule has 0 spiro atoms. The average molecular weight is 466 g/mol. The van der Waals surface area contributed by atoms with Crippen LogP contribution < -0.4 is 0 Å². The maximum Gasteiger partial charge on any atom is 0.410 e. The first-order chi connectivity index (χ1) is 13.9. The van der Waals surface area contributed by atoms with Crippen molar-refractivity contribution in [1.29, 1.82) is 0 Å². The summed E-state index contributed by atoms with van der Waals surface area (Å²) in [5.74, 6) is -0.636. The van der Waals surface area contributed by atoms with Gasteiger partial charge in [-0.3, -0.25) is 4.18 Å². The van der Waals surface area contributed by atoms with Gasteiger partial charge in [0, 0.05) is 12.1 Å². The number of carbonyl (C=O) groups is 1. The molecule has 2 unspecified atom stereocenters. The highest BCUT2D eigenvalue weighted by atomic mass is 35.5. The molecule has 0 aromatic heterocycles. The molecule has 1 saturated heterocycles. The van der Waals surface area contributed by atoms with E-state index in [1.165, 1.54) is 6.07 Å². The number of benzene rings is 1. The molecule has 2 atom stereocenters. The lowest BCUT2D eigenvalue weighted by atomic mass is 9.92. The van der Waals surface area contributed by atoms with Crippen molar-refractivity contribution in [3.63, 3.8) is 0 Å². The van der Waals surface area contributed by atoms with E-state index in [0.29, 0.717) is 13.0 Å². The lowest BCUT2D eigenvalue weighted by Crippen LogP contribution is -2.49. The molecule has 0 bridgehead atoms. The summed E-state index contributed by atoms with van der Waals surface area (Å²) in [5, 5.41) is -0.0619. The molecule has 170 valence electrons. The van der Waals surface area contributed by atoms with Crippen molar-refractivity contribution >= 4 is 27.8 Å². The van der Waals surface area contributed by atoms with Crippen molar-refractivity contribution in [2.75, 3.05) is 26.0 Å². The number of ether oxygens (including phenoxy) is 2. The monoisotopic (exact) mass is 465 g/mol. The number of halogens is 2. The molecular weight excluding hydrogens is 437 g/mol. The fourth-order valence-electron chi connectivity index (χ4n) is 3.33. The van der Waals surface area contributed by atoms with Crippen molar-refractivity contribution in [2.45, 2.75) is 57.8 Å².